The fourth-order valence-electron chi connectivity index (χ4n) is 1.27. The molecule has 0 unspecified atom stereocenters. The highest BCUT2D eigenvalue weighted by molar-refractivity contribution is 6.29. The molecule has 5 nitrogen and oxygen atoms in total. The predicted molar refractivity (Wildman–Crippen MR) is 64.3 cm³/mol. The zero-order chi connectivity index (χ0) is 12.3. The number of aromatic amines is 1. The Labute approximate surface area is 101 Å². The topological polar surface area (TPSA) is 74.8 Å². The van der Waals surface area contributed by atoms with Gasteiger partial charge >= 0.3 is 0 Å². The lowest BCUT2D eigenvalue weighted by atomic mass is 10.2. The lowest BCUT2D eigenvalue weighted by molar-refractivity contribution is 0.102. The van der Waals surface area contributed by atoms with Crippen LogP contribution in [0.5, 0.6) is 0 Å². The molecular weight excluding hydrogens is 242 g/mol. The van der Waals surface area contributed by atoms with E-state index in [4.69, 9.17) is 11.6 Å². The van der Waals surface area contributed by atoms with Crippen molar-refractivity contribution >= 4 is 23.2 Å². The molecule has 17 heavy (non-hydrogen) atoms. The first-order valence-electron chi connectivity index (χ1n) is 4.77. The number of rotatable bonds is 2. The van der Waals surface area contributed by atoms with Crippen molar-refractivity contribution in [3.8, 4) is 0 Å². The molecule has 0 saturated heterocycles. The van der Waals surface area contributed by atoms with Crippen molar-refractivity contribution < 1.29 is 4.79 Å². The van der Waals surface area contributed by atoms with E-state index in [9.17, 15) is 9.59 Å². The minimum atomic E-state index is -0.492. The number of pyridine rings is 2. The normalized spacial score (nSPS) is 9.94. The molecule has 2 rings (SSSR count). The van der Waals surface area contributed by atoms with E-state index < -0.39 is 5.91 Å². The number of nitrogens with zero attached hydrogens (tertiary/aromatic N) is 1. The van der Waals surface area contributed by atoms with E-state index >= 15 is 0 Å². The molecule has 0 saturated carbocycles. The summed E-state index contributed by atoms with van der Waals surface area (Å²) >= 11 is 5.68. The molecule has 0 spiro atoms. The molecule has 2 heterocycles. The highest BCUT2D eigenvalue weighted by Crippen LogP contribution is 2.12. The summed E-state index contributed by atoms with van der Waals surface area (Å²) in [4.78, 5) is 29.6. The number of hydrogen-bond acceptors (Lipinski definition) is 3. The van der Waals surface area contributed by atoms with Crippen molar-refractivity contribution in [1.82, 2.24) is 9.97 Å². The van der Waals surface area contributed by atoms with Crippen LogP contribution in [0.3, 0.4) is 0 Å². The molecule has 0 atom stereocenters. The van der Waals surface area contributed by atoms with E-state index in [1.807, 2.05) is 0 Å². The Balaban J connectivity index is 2.23. The summed E-state index contributed by atoms with van der Waals surface area (Å²) in [6.07, 6.45) is 4.27. The van der Waals surface area contributed by atoms with Crippen LogP contribution in [0.2, 0.25) is 5.15 Å². The number of carbonyl (C=O) groups is 1. The summed E-state index contributed by atoms with van der Waals surface area (Å²) in [5.41, 5.74) is 0.181. The maximum atomic E-state index is 11.8. The van der Waals surface area contributed by atoms with Crippen LogP contribution >= 0.6 is 11.6 Å². The minimum absolute atomic E-state index is 0.0421. The van der Waals surface area contributed by atoms with Gasteiger partial charge in [0.05, 0.1) is 0 Å². The molecule has 2 aromatic heterocycles. The van der Waals surface area contributed by atoms with Crippen molar-refractivity contribution in [2.75, 3.05) is 5.32 Å². The number of carbonyl (C=O) groups excluding carboxylic acids is 1. The molecule has 2 N–H and O–H groups in total. The van der Waals surface area contributed by atoms with Gasteiger partial charge in [-0.1, -0.05) is 11.6 Å². The van der Waals surface area contributed by atoms with E-state index in [2.05, 4.69) is 15.3 Å². The van der Waals surface area contributed by atoms with E-state index in [1.54, 1.807) is 6.07 Å². The summed E-state index contributed by atoms with van der Waals surface area (Å²) in [6.45, 7) is 0. The van der Waals surface area contributed by atoms with Gasteiger partial charge in [-0.15, -0.1) is 0 Å². The van der Waals surface area contributed by atoms with Crippen LogP contribution in [0, 0.1) is 0 Å². The zero-order valence-corrected chi connectivity index (χ0v) is 9.36. The quantitative estimate of drug-likeness (QED) is 0.795. The number of aromatic nitrogens is 2. The van der Waals surface area contributed by atoms with Gasteiger partial charge in [0.15, 0.2) is 5.43 Å². The summed E-state index contributed by atoms with van der Waals surface area (Å²) in [6, 6.07) is 4.37. The SMILES string of the molecule is O=C(Nc1ccnc(Cl)c1)c1c[nH]ccc1=O. The van der Waals surface area contributed by atoms with E-state index in [0.717, 1.165) is 0 Å². The largest absolute Gasteiger partial charge is 0.367 e. The second-order valence-electron chi connectivity index (χ2n) is 3.24. The Kier molecular flexibility index (Phi) is 3.20. The Morgan fingerprint density at radius 3 is 2.94 bits per heavy atom. The average Bonchev–Trinajstić information content (AvgIpc) is 2.29. The van der Waals surface area contributed by atoms with Crippen molar-refractivity contribution in [1.29, 1.82) is 0 Å². The van der Waals surface area contributed by atoms with Gasteiger partial charge in [-0.3, -0.25) is 9.59 Å². The maximum Gasteiger partial charge on any atom is 0.261 e. The van der Waals surface area contributed by atoms with Crippen molar-refractivity contribution in [2.45, 2.75) is 0 Å². The second kappa shape index (κ2) is 4.80. The number of halogens is 1. The van der Waals surface area contributed by atoms with Crippen molar-refractivity contribution in [3.05, 3.63) is 57.7 Å². The predicted octanol–water partition coefficient (Wildman–Crippen LogP) is 1.68. The molecule has 0 aliphatic rings. The summed E-state index contributed by atoms with van der Waals surface area (Å²) in [5.74, 6) is -0.492. The zero-order valence-electron chi connectivity index (χ0n) is 8.61. The highest BCUT2D eigenvalue weighted by atomic mass is 35.5. The Morgan fingerprint density at radius 1 is 1.41 bits per heavy atom. The molecule has 0 aromatic carbocycles. The van der Waals surface area contributed by atoms with E-state index in [-0.39, 0.29) is 16.1 Å². The Hall–Kier alpha value is -2.14. The standard InChI is InChI=1S/C11H8ClN3O2/c12-10-5-7(1-4-14-10)15-11(17)8-6-13-3-2-9(8)16/h1-6H,(H,13,16)(H,14,15,17). The van der Waals surface area contributed by atoms with Crippen molar-refractivity contribution in [3.63, 3.8) is 0 Å². The van der Waals surface area contributed by atoms with Crippen LogP contribution in [-0.2, 0) is 0 Å². The van der Waals surface area contributed by atoms with Gasteiger partial charge in [-0.25, -0.2) is 4.98 Å². The molecule has 0 radical (unpaired) electrons. The molecule has 0 fully saturated rings. The van der Waals surface area contributed by atoms with Crippen LogP contribution in [0.4, 0.5) is 5.69 Å². The second-order valence-corrected chi connectivity index (χ2v) is 3.63. The average molecular weight is 250 g/mol. The number of H-pyrrole nitrogens is 1. The fraction of sp³-hybridized carbons (Fsp3) is 0. The Bertz CT molecular complexity index is 609. The van der Waals surface area contributed by atoms with Gasteiger partial charge in [0, 0.05) is 30.3 Å². The molecular formula is C11H8ClN3O2. The number of anilines is 1. The van der Waals surface area contributed by atoms with Crippen LogP contribution in [0.15, 0.2) is 41.6 Å². The van der Waals surface area contributed by atoms with Crippen molar-refractivity contribution in [2.24, 2.45) is 0 Å². The summed E-state index contributed by atoms with van der Waals surface area (Å²) in [5, 5.41) is 2.82. The third kappa shape index (κ3) is 2.70. The monoisotopic (exact) mass is 249 g/mol. The Morgan fingerprint density at radius 2 is 2.24 bits per heavy atom. The van der Waals surface area contributed by atoms with Gasteiger partial charge in [-0.2, -0.15) is 0 Å². The van der Waals surface area contributed by atoms with Gasteiger partial charge in [-0.05, 0) is 12.1 Å². The van der Waals surface area contributed by atoms with Crippen LogP contribution < -0.4 is 10.7 Å². The lowest BCUT2D eigenvalue weighted by Gasteiger charge is -2.04. The molecule has 0 bridgehead atoms. The maximum absolute atomic E-state index is 11.8. The fourth-order valence-corrected chi connectivity index (χ4v) is 1.45. The summed E-state index contributed by atoms with van der Waals surface area (Å²) < 4.78 is 0. The van der Waals surface area contributed by atoms with E-state index in [1.165, 1.54) is 30.7 Å². The van der Waals surface area contributed by atoms with E-state index in [0.29, 0.717) is 5.69 Å². The van der Waals surface area contributed by atoms with Gasteiger partial charge < -0.3 is 10.3 Å². The highest BCUT2D eigenvalue weighted by Gasteiger charge is 2.09. The molecule has 2 aromatic rings. The smallest absolute Gasteiger partial charge is 0.261 e. The first kappa shape index (κ1) is 11.3. The molecule has 0 aliphatic heterocycles. The number of amides is 1. The first-order chi connectivity index (χ1) is 8.16. The number of nitrogens with one attached hydrogen (secondary N) is 2. The number of hydrogen-bond donors (Lipinski definition) is 2. The summed E-state index contributed by atoms with van der Waals surface area (Å²) in [7, 11) is 0. The molecule has 1 amide bonds. The van der Waals surface area contributed by atoms with Gasteiger partial charge in [0.1, 0.15) is 10.7 Å². The first-order valence-corrected chi connectivity index (χ1v) is 5.14. The molecule has 0 aliphatic carbocycles. The lowest BCUT2D eigenvalue weighted by Crippen LogP contribution is -2.20. The van der Waals surface area contributed by atoms with Crippen LogP contribution in [0.1, 0.15) is 10.4 Å². The van der Waals surface area contributed by atoms with Gasteiger partial charge in [0.2, 0.25) is 0 Å². The molecule has 86 valence electrons. The van der Waals surface area contributed by atoms with Crippen LogP contribution in [0.25, 0.3) is 0 Å². The third-order valence-electron chi connectivity index (χ3n) is 2.05. The minimum Gasteiger partial charge on any atom is -0.367 e. The molecule has 6 heteroatoms. The van der Waals surface area contributed by atoms with Gasteiger partial charge in [0.25, 0.3) is 5.91 Å². The third-order valence-corrected chi connectivity index (χ3v) is 2.26. The van der Waals surface area contributed by atoms with Crippen LogP contribution in [-0.4, -0.2) is 15.9 Å².